The predicted molar refractivity (Wildman–Crippen MR) is 68.1 cm³/mol. The van der Waals surface area contributed by atoms with Crippen LogP contribution in [0.1, 0.15) is 38.0 Å². The van der Waals surface area contributed by atoms with Gasteiger partial charge in [-0.1, -0.05) is 13.8 Å². The Labute approximate surface area is 104 Å². The summed E-state index contributed by atoms with van der Waals surface area (Å²) in [5, 5.41) is 12.8. The van der Waals surface area contributed by atoms with E-state index in [9.17, 15) is 5.11 Å². The Balaban J connectivity index is 2.30. The standard InChI is InChI=1S/C12H17BrOS/c1-8-3-5-12(14,9(2)7-8)11-10(13)4-6-15-11/h4,6,8-9,14H,3,5,7H2,1-2H3. The summed E-state index contributed by atoms with van der Waals surface area (Å²) in [4.78, 5) is 1.11. The summed E-state index contributed by atoms with van der Waals surface area (Å²) < 4.78 is 1.07. The number of hydrogen-bond donors (Lipinski definition) is 1. The maximum absolute atomic E-state index is 10.8. The van der Waals surface area contributed by atoms with E-state index in [1.54, 1.807) is 11.3 Å². The normalized spacial score (nSPS) is 36.8. The fraction of sp³-hybridized carbons (Fsp3) is 0.667. The number of hydrogen-bond acceptors (Lipinski definition) is 2. The third-order valence-electron chi connectivity index (χ3n) is 3.60. The van der Waals surface area contributed by atoms with Gasteiger partial charge in [0.2, 0.25) is 0 Å². The zero-order valence-electron chi connectivity index (χ0n) is 9.16. The Morgan fingerprint density at radius 1 is 1.53 bits per heavy atom. The lowest BCUT2D eigenvalue weighted by Gasteiger charge is -2.40. The number of rotatable bonds is 1. The van der Waals surface area contributed by atoms with Crippen molar-refractivity contribution in [3.05, 3.63) is 20.8 Å². The molecule has 2 rings (SSSR count). The summed E-state index contributed by atoms with van der Waals surface area (Å²) in [5.74, 6) is 1.11. The van der Waals surface area contributed by atoms with Gasteiger partial charge < -0.3 is 5.11 Å². The molecular formula is C12H17BrOS. The quantitative estimate of drug-likeness (QED) is 0.823. The largest absolute Gasteiger partial charge is 0.384 e. The van der Waals surface area contributed by atoms with Crippen molar-refractivity contribution >= 4 is 27.3 Å². The lowest BCUT2D eigenvalue weighted by Crippen LogP contribution is -2.38. The molecule has 0 bridgehead atoms. The van der Waals surface area contributed by atoms with Crippen LogP contribution in [0.2, 0.25) is 0 Å². The molecule has 15 heavy (non-hydrogen) atoms. The molecule has 0 saturated heterocycles. The van der Waals surface area contributed by atoms with Crippen LogP contribution in [0.15, 0.2) is 15.9 Å². The van der Waals surface area contributed by atoms with Crippen LogP contribution in [0.4, 0.5) is 0 Å². The average molecular weight is 289 g/mol. The minimum Gasteiger partial charge on any atom is -0.384 e. The van der Waals surface area contributed by atoms with E-state index < -0.39 is 5.60 Å². The van der Waals surface area contributed by atoms with Crippen LogP contribution in [-0.4, -0.2) is 5.11 Å². The van der Waals surface area contributed by atoms with Gasteiger partial charge in [0.25, 0.3) is 0 Å². The Hall–Kier alpha value is 0.140. The predicted octanol–water partition coefficient (Wildman–Crippen LogP) is 4.15. The van der Waals surface area contributed by atoms with Crippen molar-refractivity contribution in [1.82, 2.24) is 0 Å². The monoisotopic (exact) mass is 288 g/mol. The molecule has 0 spiro atoms. The topological polar surface area (TPSA) is 20.2 Å². The Kier molecular flexibility index (Phi) is 3.25. The SMILES string of the molecule is CC1CCC(O)(c2sccc2Br)C(C)C1. The molecule has 1 N–H and O–H groups in total. The van der Waals surface area contributed by atoms with Crippen LogP contribution in [-0.2, 0) is 5.60 Å². The van der Waals surface area contributed by atoms with Crippen LogP contribution in [0, 0.1) is 11.8 Å². The van der Waals surface area contributed by atoms with E-state index in [-0.39, 0.29) is 0 Å². The first-order chi connectivity index (χ1) is 7.04. The van der Waals surface area contributed by atoms with Gasteiger partial charge in [-0.25, -0.2) is 0 Å². The molecule has 0 amide bonds. The highest BCUT2D eigenvalue weighted by atomic mass is 79.9. The van der Waals surface area contributed by atoms with Crippen LogP contribution >= 0.6 is 27.3 Å². The minimum absolute atomic E-state index is 0.358. The second-order valence-electron chi connectivity index (χ2n) is 4.80. The maximum Gasteiger partial charge on any atom is 0.102 e. The molecule has 0 aromatic carbocycles. The number of halogens is 1. The second-order valence-corrected chi connectivity index (χ2v) is 6.57. The van der Waals surface area contributed by atoms with E-state index in [0.29, 0.717) is 5.92 Å². The van der Waals surface area contributed by atoms with Gasteiger partial charge >= 0.3 is 0 Å². The summed E-state index contributed by atoms with van der Waals surface area (Å²) in [7, 11) is 0. The van der Waals surface area contributed by atoms with Gasteiger partial charge in [-0.15, -0.1) is 11.3 Å². The van der Waals surface area contributed by atoms with Gasteiger partial charge in [0, 0.05) is 4.47 Å². The van der Waals surface area contributed by atoms with E-state index in [2.05, 4.69) is 29.8 Å². The molecule has 1 heterocycles. The Morgan fingerprint density at radius 3 is 2.80 bits per heavy atom. The van der Waals surface area contributed by atoms with Gasteiger partial charge in [-0.2, -0.15) is 0 Å². The van der Waals surface area contributed by atoms with Crippen molar-refractivity contribution in [2.75, 3.05) is 0 Å². The number of thiophene rings is 1. The van der Waals surface area contributed by atoms with Crippen molar-refractivity contribution in [3.8, 4) is 0 Å². The molecule has 1 aliphatic carbocycles. The second kappa shape index (κ2) is 4.19. The zero-order valence-corrected chi connectivity index (χ0v) is 11.6. The molecule has 1 aromatic rings. The van der Waals surface area contributed by atoms with Crippen molar-refractivity contribution < 1.29 is 5.11 Å². The van der Waals surface area contributed by atoms with E-state index in [1.807, 2.05) is 11.4 Å². The van der Waals surface area contributed by atoms with Crippen LogP contribution in [0.3, 0.4) is 0 Å². The highest BCUT2D eigenvalue weighted by Crippen LogP contribution is 2.47. The molecule has 0 aliphatic heterocycles. The van der Waals surface area contributed by atoms with Crippen LogP contribution in [0.25, 0.3) is 0 Å². The first-order valence-corrected chi connectivity index (χ1v) is 7.17. The summed E-state index contributed by atoms with van der Waals surface area (Å²) in [5.41, 5.74) is -0.598. The molecule has 1 saturated carbocycles. The fourth-order valence-electron chi connectivity index (χ4n) is 2.57. The maximum atomic E-state index is 10.8. The van der Waals surface area contributed by atoms with Gasteiger partial charge in [0.1, 0.15) is 5.60 Å². The minimum atomic E-state index is -0.598. The zero-order chi connectivity index (χ0) is 11.1. The van der Waals surface area contributed by atoms with Crippen LogP contribution < -0.4 is 0 Å². The summed E-state index contributed by atoms with van der Waals surface area (Å²) >= 11 is 5.19. The third-order valence-corrected chi connectivity index (χ3v) is 5.60. The average Bonchev–Trinajstić information content (AvgIpc) is 2.59. The van der Waals surface area contributed by atoms with E-state index in [4.69, 9.17) is 0 Å². The highest BCUT2D eigenvalue weighted by molar-refractivity contribution is 9.10. The molecule has 1 fully saturated rings. The third kappa shape index (κ3) is 2.02. The number of aliphatic hydroxyl groups is 1. The van der Waals surface area contributed by atoms with Gasteiger partial charge in [-0.05, 0) is 58.5 Å². The smallest absolute Gasteiger partial charge is 0.102 e. The summed E-state index contributed by atoms with van der Waals surface area (Å²) in [6.45, 7) is 4.45. The molecule has 1 aromatic heterocycles. The first-order valence-electron chi connectivity index (χ1n) is 5.50. The van der Waals surface area contributed by atoms with Gasteiger partial charge in [-0.3, -0.25) is 0 Å². The molecule has 1 nitrogen and oxygen atoms in total. The first kappa shape index (κ1) is 11.6. The van der Waals surface area contributed by atoms with E-state index >= 15 is 0 Å². The van der Waals surface area contributed by atoms with Gasteiger partial charge in [0.15, 0.2) is 0 Å². The van der Waals surface area contributed by atoms with E-state index in [0.717, 1.165) is 34.5 Å². The molecule has 3 unspecified atom stereocenters. The molecule has 84 valence electrons. The molecule has 3 atom stereocenters. The van der Waals surface area contributed by atoms with Crippen molar-refractivity contribution in [3.63, 3.8) is 0 Å². The summed E-state index contributed by atoms with van der Waals surface area (Å²) in [6.07, 6.45) is 3.15. The van der Waals surface area contributed by atoms with E-state index in [1.165, 1.54) is 0 Å². The highest BCUT2D eigenvalue weighted by Gasteiger charge is 2.41. The molecule has 3 heteroatoms. The summed E-state index contributed by atoms with van der Waals surface area (Å²) in [6, 6.07) is 2.03. The Bertz CT molecular complexity index is 349. The lowest BCUT2D eigenvalue weighted by atomic mass is 9.71. The lowest BCUT2D eigenvalue weighted by molar-refractivity contribution is -0.0562. The Morgan fingerprint density at radius 2 is 2.27 bits per heavy atom. The molecule has 0 radical (unpaired) electrons. The van der Waals surface area contributed by atoms with Gasteiger partial charge in [0.05, 0.1) is 4.88 Å². The van der Waals surface area contributed by atoms with Crippen molar-refractivity contribution in [1.29, 1.82) is 0 Å². The van der Waals surface area contributed by atoms with Crippen molar-refractivity contribution in [2.24, 2.45) is 11.8 Å². The molecule has 1 aliphatic rings. The van der Waals surface area contributed by atoms with Crippen LogP contribution in [0.5, 0.6) is 0 Å². The fourth-order valence-corrected chi connectivity index (χ4v) is 4.53. The molecular weight excluding hydrogens is 272 g/mol. The van der Waals surface area contributed by atoms with Crippen molar-refractivity contribution in [2.45, 2.75) is 38.7 Å².